The standard InChI is InChI=1S/C22H28N6O4S/c1-12(2)19(26-27-23)22(32)28-9-16(30)8-18(28)21(31)25-17(10-29)14-4-6-15(7-5-14)20-13(3)24-11-33-20/h4-7,11-12,16-19,29-30H,8-10H2,1-3H3,(H,25,31)/t16-,17+,18+,19+/m1/s1. The number of thiazole rings is 1. The third-order valence-electron chi connectivity index (χ3n) is 5.75. The van der Waals surface area contributed by atoms with Crippen molar-refractivity contribution in [3.63, 3.8) is 0 Å². The van der Waals surface area contributed by atoms with Gasteiger partial charge >= 0.3 is 0 Å². The molecule has 0 unspecified atom stereocenters. The number of aromatic nitrogens is 1. The van der Waals surface area contributed by atoms with Gasteiger partial charge in [0.15, 0.2) is 0 Å². The number of rotatable bonds is 8. The number of azide groups is 1. The van der Waals surface area contributed by atoms with E-state index in [0.717, 1.165) is 16.1 Å². The third-order valence-corrected chi connectivity index (χ3v) is 6.72. The van der Waals surface area contributed by atoms with Gasteiger partial charge in [-0.05, 0) is 29.5 Å². The van der Waals surface area contributed by atoms with Gasteiger partial charge in [-0.15, -0.1) is 11.3 Å². The predicted octanol–water partition coefficient (Wildman–Crippen LogP) is 2.56. The summed E-state index contributed by atoms with van der Waals surface area (Å²) in [5, 5.41) is 26.4. The first-order chi connectivity index (χ1) is 15.8. The highest BCUT2D eigenvalue weighted by atomic mass is 32.1. The van der Waals surface area contributed by atoms with Gasteiger partial charge in [0, 0.05) is 17.9 Å². The molecule has 1 saturated heterocycles. The molecule has 1 aliphatic heterocycles. The molecule has 0 radical (unpaired) electrons. The molecule has 2 amide bonds. The van der Waals surface area contributed by atoms with Gasteiger partial charge < -0.3 is 20.4 Å². The molecule has 1 fully saturated rings. The average molecular weight is 473 g/mol. The van der Waals surface area contributed by atoms with Gasteiger partial charge in [-0.1, -0.05) is 43.2 Å². The fraction of sp³-hybridized carbons (Fsp3) is 0.500. The van der Waals surface area contributed by atoms with E-state index < -0.39 is 36.0 Å². The molecule has 1 aromatic carbocycles. The minimum atomic E-state index is -0.966. The van der Waals surface area contributed by atoms with Gasteiger partial charge in [0.05, 0.1) is 34.8 Å². The maximum atomic E-state index is 13.1. The molecule has 2 aromatic rings. The molecule has 1 aliphatic rings. The predicted molar refractivity (Wildman–Crippen MR) is 124 cm³/mol. The van der Waals surface area contributed by atoms with Gasteiger partial charge in [0.1, 0.15) is 12.1 Å². The first-order valence-electron chi connectivity index (χ1n) is 10.7. The summed E-state index contributed by atoms with van der Waals surface area (Å²) in [6.45, 7) is 5.08. The number of amides is 2. The summed E-state index contributed by atoms with van der Waals surface area (Å²) in [4.78, 5) is 35.3. The van der Waals surface area contributed by atoms with Crippen molar-refractivity contribution < 1.29 is 19.8 Å². The topological polar surface area (TPSA) is 152 Å². The number of benzene rings is 1. The van der Waals surface area contributed by atoms with Gasteiger partial charge in [-0.25, -0.2) is 4.98 Å². The number of hydrogen-bond acceptors (Lipinski definition) is 7. The highest BCUT2D eigenvalue weighted by molar-refractivity contribution is 7.13. The molecular weight excluding hydrogens is 444 g/mol. The number of aliphatic hydroxyl groups is 2. The first kappa shape index (κ1) is 24.7. The molecule has 1 aromatic heterocycles. The number of carbonyl (C=O) groups is 2. The van der Waals surface area contributed by atoms with E-state index in [-0.39, 0.29) is 25.5 Å². The SMILES string of the molecule is Cc1ncsc1-c1ccc([C@H](CO)NC(=O)[C@@H]2C[C@@H](O)CN2C(=O)[C@@H](N=[N+]=[N-])C(C)C)cc1. The fourth-order valence-electron chi connectivity index (χ4n) is 3.95. The summed E-state index contributed by atoms with van der Waals surface area (Å²) < 4.78 is 0. The van der Waals surface area contributed by atoms with Crippen molar-refractivity contribution in [3.8, 4) is 10.4 Å². The second-order valence-corrected chi connectivity index (χ2v) is 9.28. The Morgan fingerprint density at radius 3 is 2.61 bits per heavy atom. The monoisotopic (exact) mass is 472 g/mol. The van der Waals surface area contributed by atoms with Crippen LogP contribution in [0.4, 0.5) is 0 Å². The van der Waals surface area contributed by atoms with Crippen LogP contribution in [0.1, 0.15) is 37.6 Å². The van der Waals surface area contributed by atoms with Crippen LogP contribution in [-0.4, -0.2) is 63.3 Å². The zero-order chi connectivity index (χ0) is 24.1. The lowest BCUT2D eigenvalue weighted by Crippen LogP contribution is -2.50. The zero-order valence-corrected chi connectivity index (χ0v) is 19.6. The van der Waals surface area contributed by atoms with Crippen LogP contribution < -0.4 is 5.32 Å². The quantitative estimate of drug-likeness (QED) is 0.306. The largest absolute Gasteiger partial charge is 0.394 e. The molecule has 0 spiro atoms. The Balaban J connectivity index is 1.75. The molecule has 33 heavy (non-hydrogen) atoms. The van der Waals surface area contributed by atoms with Crippen molar-refractivity contribution in [2.75, 3.05) is 13.2 Å². The minimum absolute atomic E-state index is 0.0201. The van der Waals surface area contributed by atoms with Crippen molar-refractivity contribution in [2.24, 2.45) is 11.0 Å². The molecule has 4 atom stereocenters. The van der Waals surface area contributed by atoms with Crippen molar-refractivity contribution in [2.45, 2.75) is 51.4 Å². The smallest absolute Gasteiger partial charge is 0.243 e. The summed E-state index contributed by atoms with van der Waals surface area (Å²) in [5.41, 5.74) is 13.2. The Bertz CT molecular complexity index is 1030. The lowest BCUT2D eigenvalue weighted by molar-refractivity contribution is -0.140. The normalized spacial score (nSPS) is 19.8. The summed E-state index contributed by atoms with van der Waals surface area (Å²) in [6, 6.07) is 4.92. The summed E-state index contributed by atoms with van der Waals surface area (Å²) in [5.74, 6) is -1.24. The van der Waals surface area contributed by atoms with E-state index in [1.807, 2.05) is 31.2 Å². The van der Waals surface area contributed by atoms with E-state index in [2.05, 4.69) is 20.3 Å². The van der Waals surface area contributed by atoms with Crippen molar-refractivity contribution >= 4 is 23.2 Å². The zero-order valence-electron chi connectivity index (χ0n) is 18.8. The third kappa shape index (κ3) is 5.51. The van der Waals surface area contributed by atoms with Crippen LogP contribution in [0.25, 0.3) is 20.9 Å². The second kappa shape index (κ2) is 10.8. The van der Waals surface area contributed by atoms with Gasteiger partial charge in [0.25, 0.3) is 0 Å². The Morgan fingerprint density at radius 1 is 1.36 bits per heavy atom. The minimum Gasteiger partial charge on any atom is -0.394 e. The highest BCUT2D eigenvalue weighted by Crippen LogP contribution is 2.29. The summed E-state index contributed by atoms with van der Waals surface area (Å²) >= 11 is 1.54. The number of nitrogens with zero attached hydrogens (tertiary/aromatic N) is 5. The molecule has 10 nitrogen and oxygen atoms in total. The van der Waals surface area contributed by atoms with Crippen LogP contribution in [0.3, 0.4) is 0 Å². The summed E-state index contributed by atoms with van der Waals surface area (Å²) in [7, 11) is 0. The number of hydrogen-bond donors (Lipinski definition) is 3. The Labute approximate surface area is 195 Å². The molecule has 0 saturated carbocycles. The van der Waals surface area contributed by atoms with Crippen LogP contribution in [0.5, 0.6) is 0 Å². The first-order valence-corrected chi connectivity index (χ1v) is 11.6. The van der Waals surface area contributed by atoms with E-state index in [1.165, 1.54) is 16.2 Å². The number of aryl methyl sites for hydroxylation is 1. The lowest BCUT2D eigenvalue weighted by Gasteiger charge is -2.29. The number of carbonyl (C=O) groups excluding carboxylic acids is 2. The summed E-state index contributed by atoms with van der Waals surface area (Å²) in [6.07, 6.45) is -0.793. The second-order valence-electron chi connectivity index (χ2n) is 8.42. The fourth-order valence-corrected chi connectivity index (χ4v) is 4.76. The van der Waals surface area contributed by atoms with E-state index in [1.54, 1.807) is 19.4 Å². The Morgan fingerprint density at radius 2 is 2.06 bits per heavy atom. The Kier molecular flexibility index (Phi) is 8.04. The van der Waals surface area contributed by atoms with Crippen LogP contribution in [0.15, 0.2) is 34.9 Å². The number of likely N-dealkylation sites (tertiary alicyclic amines) is 1. The van der Waals surface area contributed by atoms with Gasteiger partial charge in [0.2, 0.25) is 11.8 Å². The van der Waals surface area contributed by atoms with Crippen LogP contribution in [-0.2, 0) is 9.59 Å². The number of β-amino-alcohol motifs (C(OH)–C–C–N with tert-alkyl or cyclic N) is 1. The molecule has 11 heteroatoms. The average Bonchev–Trinajstić information content (AvgIpc) is 3.40. The molecule has 3 N–H and O–H groups in total. The molecule has 176 valence electrons. The van der Waals surface area contributed by atoms with Crippen LogP contribution in [0, 0.1) is 12.8 Å². The lowest BCUT2D eigenvalue weighted by atomic mass is 10.0. The van der Waals surface area contributed by atoms with Crippen LogP contribution >= 0.6 is 11.3 Å². The van der Waals surface area contributed by atoms with E-state index in [0.29, 0.717) is 5.56 Å². The molecule has 2 heterocycles. The molecule has 0 aliphatic carbocycles. The van der Waals surface area contributed by atoms with Gasteiger partial charge in [-0.3, -0.25) is 9.59 Å². The van der Waals surface area contributed by atoms with Crippen molar-refractivity contribution in [1.29, 1.82) is 0 Å². The van der Waals surface area contributed by atoms with E-state index >= 15 is 0 Å². The Hall–Kier alpha value is -2.98. The number of nitrogens with one attached hydrogen (secondary N) is 1. The van der Waals surface area contributed by atoms with E-state index in [4.69, 9.17) is 5.53 Å². The van der Waals surface area contributed by atoms with Crippen molar-refractivity contribution in [3.05, 3.63) is 51.5 Å². The van der Waals surface area contributed by atoms with E-state index in [9.17, 15) is 19.8 Å². The highest BCUT2D eigenvalue weighted by Gasteiger charge is 2.42. The maximum Gasteiger partial charge on any atom is 0.243 e. The van der Waals surface area contributed by atoms with Gasteiger partial charge in [-0.2, -0.15) is 0 Å². The molecule has 0 bridgehead atoms. The molecular formula is C22H28N6O4S. The maximum absolute atomic E-state index is 13.1. The van der Waals surface area contributed by atoms with Crippen LogP contribution in [0.2, 0.25) is 0 Å². The van der Waals surface area contributed by atoms with Crippen molar-refractivity contribution in [1.82, 2.24) is 15.2 Å². The number of aliphatic hydroxyl groups excluding tert-OH is 2. The molecule has 3 rings (SSSR count).